The van der Waals surface area contributed by atoms with Gasteiger partial charge in [-0.15, -0.1) is 0 Å². The lowest BCUT2D eigenvalue weighted by Crippen LogP contribution is -2.26. The SMILES string of the molecule is O=[N+]([O-])C1CCC(=NNc2ccccc2)CC1. The van der Waals surface area contributed by atoms with Crippen LogP contribution in [0.4, 0.5) is 5.69 Å². The topological polar surface area (TPSA) is 67.5 Å². The number of hydrogen-bond donors (Lipinski definition) is 1. The number of hydrogen-bond acceptors (Lipinski definition) is 4. The summed E-state index contributed by atoms with van der Waals surface area (Å²) in [5, 5.41) is 14.9. The standard InChI is InChI=1S/C12H15N3O2/c16-15(17)12-8-6-11(7-9-12)14-13-10-4-2-1-3-5-10/h1-5,12-13H,6-9H2. The predicted octanol–water partition coefficient (Wildman–Crippen LogP) is 2.67. The fourth-order valence-corrected chi connectivity index (χ4v) is 1.91. The second kappa shape index (κ2) is 5.43. The fourth-order valence-electron chi connectivity index (χ4n) is 1.91. The second-order valence-electron chi connectivity index (χ2n) is 4.17. The third-order valence-corrected chi connectivity index (χ3v) is 2.95. The molecule has 5 heteroatoms. The first kappa shape index (κ1) is 11.6. The molecule has 1 aromatic carbocycles. The van der Waals surface area contributed by atoms with E-state index in [1.807, 2.05) is 30.3 Å². The number of hydrazone groups is 1. The number of nitrogens with one attached hydrogen (secondary N) is 1. The molecule has 1 aliphatic carbocycles. The Morgan fingerprint density at radius 1 is 1.24 bits per heavy atom. The lowest BCUT2D eigenvalue weighted by Gasteiger charge is -2.16. The first-order valence-corrected chi connectivity index (χ1v) is 5.75. The van der Waals surface area contributed by atoms with E-state index in [0.29, 0.717) is 25.7 Å². The molecule has 2 rings (SSSR count). The van der Waals surface area contributed by atoms with Gasteiger partial charge in [-0.05, 0) is 25.0 Å². The van der Waals surface area contributed by atoms with E-state index >= 15 is 0 Å². The van der Waals surface area contributed by atoms with Crippen LogP contribution in [-0.2, 0) is 0 Å². The van der Waals surface area contributed by atoms with E-state index in [0.717, 1.165) is 11.4 Å². The zero-order valence-corrected chi connectivity index (χ0v) is 9.50. The summed E-state index contributed by atoms with van der Waals surface area (Å²) in [6, 6.07) is 9.31. The third-order valence-electron chi connectivity index (χ3n) is 2.95. The van der Waals surface area contributed by atoms with Gasteiger partial charge in [-0.3, -0.25) is 15.5 Å². The van der Waals surface area contributed by atoms with Gasteiger partial charge >= 0.3 is 0 Å². The number of para-hydroxylation sites is 1. The number of anilines is 1. The molecule has 1 saturated carbocycles. The summed E-state index contributed by atoms with van der Waals surface area (Å²) in [6.07, 6.45) is 2.63. The lowest BCUT2D eigenvalue weighted by atomic mass is 9.94. The molecule has 1 fully saturated rings. The van der Waals surface area contributed by atoms with Crippen molar-refractivity contribution < 1.29 is 4.92 Å². The maximum absolute atomic E-state index is 10.6. The molecular formula is C12H15N3O2. The van der Waals surface area contributed by atoms with Crippen LogP contribution in [0, 0.1) is 10.1 Å². The van der Waals surface area contributed by atoms with Crippen molar-refractivity contribution in [2.75, 3.05) is 5.43 Å². The van der Waals surface area contributed by atoms with Gasteiger partial charge in [0.15, 0.2) is 0 Å². The molecular weight excluding hydrogens is 218 g/mol. The van der Waals surface area contributed by atoms with Crippen LogP contribution in [0.15, 0.2) is 35.4 Å². The molecule has 0 atom stereocenters. The Hall–Kier alpha value is -1.91. The third kappa shape index (κ3) is 3.27. The van der Waals surface area contributed by atoms with Crippen LogP contribution >= 0.6 is 0 Å². The molecule has 1 aliphatic rings. The first-order chi connectivity index (χ1) is 8.25. The van der Waals surface area contributed by atoms with Crippen molar-refractivity contribution in [3.8, 4) is 0 Å². The van der Waals surface area contributed by atoms with Crippen molar-refractivity contribution in [3.63, 3.8) is 0 Å². The van der Waals surface area contributed by atoms with E-state index in [2.05, 4.69) is 10.5 Å². The highest BCUT2D eigenvalue weighted by Gasteiger charge is 2.25. The zero-order chi connectivity index (χ0) is 12.1. The molecule has 1 aromatic rings. The minimum Gasteiger partial charge on any atom is -0.279 e. The average Bonchev–Trinajstić information content (AvgIpc) is 2.38. The van der Waals surface area contributed by atoms with Gasteiger partial charge in [-0.25, -0.2) is 0 Å². The van der Waals surface area contributed by atoms with Crippen molar-refractivity contribution in [1.29, 1.82) is 0 Å². The molecule has 0 amide bonds. The molecule has 0 unspecified atom stereocenters. The molecule has 90 valence electrons. The smallest absolute Gasteiger partial charge is 0.213 e. The van der Waals surface area contributed by atoms with Crippen LogP contribution in [0.3, 0.4) is 0 Å². The van der Waals surface area contributed by atoms with Gasteiger partial charge in [0.05, 0.1) is 5.69 Å². The molecule has 0 heterocycles. The summed E-state index contributed by atoms with van der Waals surface area (Å²) < 4.78 is 0. The summed E-state index contributed by atoms with van der Waals surface area (Å²) in [4.78, 5) is 10.4. The highest BCUT2D eigenvalue weighted by molar-refractivity contribution is 5.85. The second-order valence-corrected chi connectivity index (χ2v) is 4.17. The van der Waals surface area contributed by atoms with Gasteiger partial charge in [0.2, 0.25) is 6.04 Å². The largest absolute Gasteiger partial charge is 0.279 e. The van der Waals surface area contributed by atoms with E-state index < -0.39 is 0 Å². The summed E-state index contributed by atoms with van der Waals surface area (Å²) in [7, 11) is 0. The maximum Gasteiger partial charge on any atom is 0.213 e. The quantitative estimate of drug-likeness (QED) is 0.644. The summed E-state index contributed by atoms with van der Waals surface area (Å²) in [6.45, 7) is 0. The molecule has 0 bridgehead atoms. The van der Waals surface area contributed by atoms with Crippen LogP contribution in [0.2, 0.25) is 0 Å². The average molecular weight is 233 g/mol. The van der Waals surface area contributed by atoms with Crippen molar-refractivity contribution in [3.05, 3.63) is 40.4 Å². The fraction of sp³-hybridized carbons (Fsp3) is 0.417. The zero-order valence-electron chi connectivity index (χ0n) is 9.50. The van der Waals surface area contributed by atoms with Crippen molar-refractivity contribution >= 4 is 11.4 Å². The van der Waals surface area contributed by atoms with Gasteiger partial charge < -0.3 is 0 Å². The van der Waals surface area contributed by atoms with Crippen LogP contribution in [0.1, 0.15) is 25.7 Å². The first-order valence-electron chi connectivity index (χ1n) is 5.75. The predicted molar refractivity (Wildman–Crippen MR) is 66.8 cm³/mol. The highest BCUT2D eigenvalue weighted by atomic mass is 16.6. The maximum atomic E-state index is 10.6. The minimum atomic E-state index is -0.384. The molecule has 5 nitrogen and oxygen atoms in total. The molecule has 0 saturated heterocycles. The van der Waals surface area contributed by atoms with Gasteiger partial charge in [0.25, 0.3) is 0 Å². The lowest BCUT2D eigenvalue weighted by molar-refractivity contribution is -0.524. The van der Waals surface area contributed by atoms with Gasteiger partial charge in [0.1, 0.15) is 0 Å². The molecule has 1 N–H and O–H groups in total. The highest BCUT2D eigenvalue weighted by Crippen LogP contribution is 2.18. The summed E-state index contributed by atoms with van der Waals surface area (Å²) in [5.41, 5.74) is 4.94. The van der Waals surface area contributed by atoms with Crippen LogP contribution < -0.4 is 5.43 Å². The number of nitro groups is 1. The van der Waals surface area contributed by atoms with E-state index in [1.54, 1.807) is 0 Å². The van der Waals surface area contributed by atoms with Gasteiger partial charge in [-0.2, -0.15) is 5.10 Å². The molecule has 0 spiro atoms. The Kier molecular flexibility index (Phi) is 3.69. The summed E-state index contributed by atoms with van der Waals surface area (Å²) >= 11 is 0. The number of rotatable bonds is 3. The van der Waals surface area contributed by atoms with Crippen LogP contribution in [-0.4, -0.2) is 16.7 Å². The van der Waals surface area contributed by atoms with Gasteiger partial charge in [0, 0.05) is 23.5 Å². The van der Waals surface area contributed by atoms with Gasteiger partial charge in [-0.1, -0.05) is 18.2 Å². The Morgan fingerprint density at radius 2 is 1.88 bits per heavy atom. The number of benzene rings is 1. The minimum absolute atomic E-state index is 0.179. The Balaban J connectivity index is 1.87. The Bertz CT molecular complexity index is 407. The van der Waals surface area contributed by atoms with E-state index in [-0.39, 0.29) is 11.0 Å². The van der Waals surface area contributed by atoms with E-state index in [9.17, 15) is 10.1 Å². The normalized spacial score (nSPS) is 19.8. The van der Waals surface area contributed by atoms with Crippen molar-refractivity contribution in [2.24, 2.45) is 5.10 Å². The van der Waals surface area contributed by atoms with Crippen molar-refractivity contribution in [2.45, 2.75) is 31.7 Å². The number of nitrogens with zero attached hydrogens (tertiary/aromatic N) is 2. The Labute approximate surface area is 99.7 Å². The van der Waals surface area contributed by atoms with Crippen LogP contribution in [0.25, 0.3) is 0 Å². The molecule has 17 heavy (non-hydrogen) atoms. The monoisotopic (exact) mass is 233 g/mol. The molecule has 0 aromatic heterocycles. The Morgan fingerprint density at radius 3 is 2.47 bits per heavy atom. The van der Waals surface area contributed by atoms with Crippen LogP contribution in [0.5, 0.6) is 0 Å². The van der Waals surface area contributed by atoms with Crippen molar-refractivity contribution in [1.82, 2.24) is 0 Å². The molecule has 0 aliphatic heterocycles. The van der Waals surface area contributed by atoms with E-state index in [1.165, 1.54) is 0 Å². The van der Waals surface area contributed by atoms with E-state index in [4.69, 9.17) is 0 Å². The summed E-state index contributed by atoms with van der Waals surface area (Å²) in [5.74, 6) is 0. The molecule has 0 radical (unpaired) electrons.